The Balaban J connectivity index is 2.40. The third-order valence-electron chi connectivity index (χ3n) is 2.81. The standard InChI is InChI=1S/C14H15ClO2/c1-3-12(16)14-7-6-13(17-14)11-8-10(15)5-4-9(11)2/h4-8,12,16H,3H2,1-2H3. The zero-order chi connectivity index (χ0) is 12.4. The van der Waals surface area contributed by atoms with Crippen molar-refractivity contribution in [3.63, 3.8) is 0 Å². The molecule has 2 aromatic rings. The Morgan fingerprint density at radius 1 is 1.29 bits per heavy atom. The maximum atomic E-state index is 9.69. The third-order valence-corrected chi connectivity index (χ3v) is 3.04. The zero-order valence-corrected chi connectivity index (χ0v) is 10.7. The van der Waals surface area contributed by atoms with Crippen molar-refractivity contribution in [3.8, 4) is 11.3 Å². The van der Waals surface area contributed by atoms with Crippen LogP contribution in [0, 0.1) is 6.92 Å². The van der Waals surface area contributed by atoms with Gasteiger partial charge in [-0.25, -0.2) is 0 Å². The monoisotopic (exact) mass is 250 g/mol. The van der Waals surface area contributed by atoms with Crippen molar-refractivity contribution in [2.45, 2.75) is 26.4 Å². The second-order valence-corrected chi connectivity index (χ2v) is 4.52. The number of aliphatic hydroxyl groups is 1. The van der Waals surface area contributed by atoms with Crippen molar-refractivity contribution in [1.29, 1.82) is 0 Å². The van der Waals surface area contributed by atoms with E-state index in [1.165, 1.54) is 0 Å². The highest BCUT2D eigenvalue weighted by Crippen LogP contribution is 2.30. The fourth-order valence-corrected chi connectivity index (χ4v) is 1.91. The Bertz CT molecular complexity index is 517. The molecule has 0 aliphatic heterocycles. The molecule has 0 spiro atoms. The molecule has 1 unspecified atom stereocenters. The summed E-state index contributed by atoms with van der Waals surface area (Å²) in [6.07, 6.45) is 0.102. The first-order valence-electron chi connectivity index (χ1n) is 5.66. The molecule has 1 aromatic carbocycles. The summed E-state index contributed by atoms with van der Waals surface area (Å²) in [5.41, 5.74) is 2.06. The van der Waals surface area contributed by atoms with Crippen LogP contribution in [0.3, 0.4) is 0 Å². The van der Waals surface area contributed by atoms with Crippen molar-refractivity contribution >= 4 is 11.6 Å². The van der Waals surface area contributed by atoms with E-state index in [1.807, 2.05) is 44.2 Å². The van der Waals surface area contributed by atoms with Gasteiger partial charge in [-0.3, -0.25) is 0 Å². The molecule has 1 atom stereocenters. The fraction of sp³-hybridized carbons (Fsp3) is 0.286. The number of furan rings is 1. The van der Waals surface area contributed by atoms with Gasteiger partial charge in [-0.15, -0.1) is 0 Å². The summed E-state index contributed by atoms with van der Waals surface area (Å²) in [6, 6.07) is 9.36. The van der Waals surface area contributed by atoms with Crippen LogP contribution in [-0.4, -0.2) is 5.11 Å². The number of halogens is 1. The van der Waals surface area contributed by atoms with Gasteiger partial charge in [0.05, 0.1) is 0 Å². The molecule has 3 heteroatoms. The second kappa shape index (κ2) is 4.94. The maximum absolute atomic E-state index is 9.69. The topological polar surface area (TPSA) is 33.4 Å². The Labute approximate surface area is 106 Å². The van der Waals surface area contributed by atoms with E-state index < -0.39 is 6.10 Å². The summed E-state index contributed by atoms with van der Waals surface area (Å²) in [5.74, 6) is 1.34. The van der Waals surface area contributed by atoms with Crippen LogP contribution in [0.2, 0.25) is 5.02 Å². The van der Waals surface area contributed by atoms with Gasteiger partial charge in [0.15, 0.2) is 0 Å². The lowest BCUT2D eigenvalue weighted by Crippen LogP contribution is -1.91. The van der Waals surface area contributed by atoms with E-state index in [1.54, 1.807) is 0 Å². The minimum absolute atomic E-state index is 0.539. The van der Waals surface area contributed by atoms with Crippen LogP contribution >= 0.6 is 11.6 Å². The summed E-state index contributed by atoms with van der Waals surface area (Å²) >= 11 is 5.97. The number of aliphatic hydroxyl groups excluding tert-OH is 1. The molecule has 0 saturated heterocycles. The summed E-state index contributed by atoms with van der Waals surface area (Å²) in [4.78, 5) is 0. The van der Waals surface area contributed by atoms with E-state index in [-0.39, 0.29) is 0 Å². The van der Waals surface area contributed by atoms with Crippen LogP contribution in [0.4, 0.5) is 0 Å². The smallest absolute Gasteiger partial charge is 0.134 e. The lowest BCUT2D eigenvalue weighted by Gasteiger charge is -2.05. The SMILES string of the molecule is CCC(O)c1ccc(-c2cc(Cl)ccc2C)o1. The number of benzene rings is 1. The lowest BCUT2D eigenvalue weighted by atomic mass is 10.1. The lowest BCUT2D eigenvalue weighted by molar-refractivity contribution is 0.147. The van der Waals surface area contributed by atoms with Crippen molar-refractivity contribution in [2.24, 2.45) is 0 Å². The number of hydrogen-bond acceptors (Lipinski definition) is 2. The molecule has 2 nitrogen and oxygen atoms in total. The highest BCUT2D eigenvalue weighted by atomic mass is 35.5. The second-order valence-electron chi connectivity index (χ2n) is 4.09. The van der Waals surface area contributed by atoms with Gasteiger partial charge in [0.2, 0.25) is 0 Å². The molecule has 0 radical (unpaired) electrons. The summed E-state index contributed by atoms with van der Waals surface area (Å²) in [7, 11) is 0. The summed E-state index contributed by atoms with van der Waals surface area (Å²) in [5, 5.41) is 10.4. The van der Waals surface area contributed by atoms with Crippen LogP contribution in [0.15, 0.2) is 34.7 Å². The Morgan fingerprint density at radius 2 is 2.06 bits per heavy atom. The number of aryl methyl sites for hydroxylation is 1. The van der Waals surface area contributed by atoms with Gasteiger partial charge in [-0.1, -0.05) is 24.6 Å². The van der Waals surface area contributed by atoms with E-state index in [4.69, 9.17) is 16.0 Å². The van der Waals surface area contributed by atoms with Crippen LogP contribution in [-0.2, 0) is 0 Å². The predicted octanol–water partition coefficient (Wildman–Crippen LogP) is 4.35. The summed E-state index contributed by atoms with van der Waals surface area (Å²) < 4.78 is 5.65. The Kier molecular flexibility index (Phi) is 3.55. The summed E-state index contributed by atoms with van der Waals surface area (Å²) in [6.45, 7) is 3.92. The molecule has 1 heterocycles. The van der Waals surface area contributed by atoms with E-state index in [0.717, 1.165) is 16.9 Å². The molecule has 2 rings (SSSR count). The first-order valence-corrected chi connectivity index (χ1v) is 6.04. The van der Waals surface area contributed by atoms with E-state index in [0.29, 0.717) is 17.2 Å². The highest BCUT2D eigenvalue weighted by Gasteiger charge is 2.12. The van der Waals surface area contributed by atoms with Gasteiger partial charge < -0.3 is 9.52 Å². The molecule has 0 saturated carbocycles. The maximum Gasteiger partial charge on any atom is 0.134 e. The minimum atomic E-state index is -0.539. The highest BCUT2D eigenvalue weighted by molar-refractivity contribution is 6.30. The molecular formula is C14H15ClO2. The van der Waals surface area contributed by atoms with Crippen molar-refractivity contribution in [1.82, 2.24) is 0 Å². The largest absolute Gasteiger partial charge is 0.458 e. The fourth-order valence-electron chi connectivity index (χ4n) is 1.74. The van der Waals surface area contributed by atoms with Gasteiger partial charge in [0.1, 0.15) is 17.6 Å². The van der Waals surface area contributed by atoms with Crippen molar-refractivity contribution in [2.75, 3.05) is 0 Å². The molecule has 90 valence electrons. The van der Waals surface area contributed by atoms with E-state index in [9.17, 15) is 5.11 Å². The molecule has 0 bridgehead atoms. The first-order chi connectivity index (χ1) is 8.11. The average molecular weight is 251 g/mol. The molecule has 1 aromatic heterocycles. The molecule has 0 fully saturated rings. The molecule has 0 amide bonds. The van der Waals surface area contributed by atoms with Gasteiger partial charge in [0.25, 0.3) is 0 Å². The van der Waals surface area contributed by atoms with Gasteiger partial charge in [0, 0.05) is 10.6 Å². The van der Waals surface area contributed by atoms with E-state index in [2.05, 4.69) is 0 Å². The minimum Gasteiger partial charge on any atom is -0.458 e. The van der Waals surface area contributed by atoms with Crippen LogP contribution in [0.25, 0.3) is 11.3 Å². The number of rotatable bonds is 3. The van der Waals surface area contributed by atoms with Gasteiger partial charge >= 0.3 is 0 Å². The van der Waals surface area contributed by atoms with Crippen LogP contribution in [0.1, 0.15) is 30.8 Å². The molecule has 0 aliphatic rings. The Hall–Kier alpha value is -1.25. The zero-order valence-electron chi connectivity index (χ0n) is 9.90. The third kappa shape index (κ3) is 2.54. The molecule has 1 N–H and O–H groups in total. The van der Waals surface area contributed by atoms with Gasteiger partial charge in [-0.2, -0.15) is 0 Å². The molecule has 0 aliphatic carbocycles. The number of hydrogen-bond donors (Lipinski definition) is 1. The van der Waals surface area contributed by atoms with Crippen LogP contribution < -0.4 is 0 Å². The predicted molar refractivity (Wildman–Crippen MR) is 69.1 cm³/mol. The van der Waals surface area contributed by atoms with Crippen molar-refractivity contribution < 1.29 is 9.52 Å². The quantitative estimate of drug-likeness (QED) is 0.879. The normalized spacial score (nSPS) is 12.7. The van der Waals surface area contributed by atoms with E-state index >= 15 is 0 Å². The van der Waals surface area contributed by atoms with Crippen LogP contribution in [0.5, 0.6) is 0 Å². The molecular weight excluding hydrogens is 236 g/mol. The van der Waals surface area contributed by atoms with Crippen molar-refractivity contribution in [3.05, 3.63) is 46.7 Å². The average Bonchev–Trinajstić information content (AvgIpc) is 2.80. The van der Waals surface area contributed by atoms with Gasteiger partial charge in [-0.05, 0) is 43.2 Å². The molecule has 17 heavy (non-hydrogen) atoms. The Morgan fingerprint density at radius 3 is 2.76 bits per heavy atom. The first kappa shape index (κ1) is 12.2.